The molecule has 2 aliphatic heterocycles. The van der Waals surface area contributed by atoms with Gasteiger partial charge in [-0.2, -0.15) is 4.39 Å². The summed E-state index contributed by atoms with van der Waals surface area (Å²) in [6.45, 7) is 2.33. The van der Waals surface area contributed by atoms with Gasteiger partial charge in [0.05, 0.1) is 6.04 Å². The molecule has 0 spiro atoms. The van der Waals surface area contributed by atoms with Crippen LogP contribution in [0, 0.1) is 5.92 Å². The van der Waals surface area contributed by atoms with Crippen molar-refractivity contribution in [1.82, 2.24) is 15.2 Å². The second-order valence-electron chi connectivity index (χ2n) is 11.6. The van der Waals surface area contributed by atoms with Crippen molar-refractivity contribution in [3.05, 3.63) is 65.9 Å². The number of likely N-dealkylation sites (tertiary alicyclic amines) is 1. The number of nitrogens with zero attached hydrogens (tertiary/aromatic N) is 1. The third-order valence-corrected chi connectivity index (χ3v) is 8.80. The molecule has 6 rings (SSSR count). The normalized spacial score (nSPS) is 25.6. The fourth-order valence-electron chi connectivity index (χ4n) is 6.64. The summed E-state index contributed by atoms with van der Waals surface area (Å²) in [5.74, 6) is 0.828. The van der Waals surface area contributed by atoms with E-state index >= 15 is 0 Å². The molecule has 2 amide bonds. The van der Waals surface area contributed by atoms with Crippen molar-refractivity contribution < 1.29 is 23.5 Å². The van der Waals surface area contributed by atoms with E-state index < -0.39 is 12.1 Å². The molecule has 1 saturated heterocycles. The van der Waals surface area contributed by atoms with Gasteiger partial charge in [0, 0.05) is 49.2 Å². The van der Waals surface area contributed by atoms with E-state index in [1.54, 1.807) is 29.2 Å². The number of amides is 2. The van der Waals surface area contributed by atoms with Crippen LogP contribution in [0.2, 0.25) is 0 Å². The van der Waals surface area contributed by atoms with Crippen LogP contribution in [0.1, 0.15) is 62.5 Å². The Morgan fingerprint density at radius 3 is 2.56 bits per heavy atom. The molecule has 216 valence electrons. The maximum atomic E-state index is 13.9. The first kappa shape index (κ1) is 27.3. The van der Waals surface area contributed by atoms with Gasteiger partial charge in [0.15, 0.2) is 11.5 Å². The zero-order valence-electron chi connectivity index (χ0n) is 23.3. The molecular formula is C32H37FN4O4. The Morgan fingerprint density at radius 1 is 1.07 bits per heavy atom. The number of H-pyrrole nitrogens is 1. The highest BCUT2D eigenvalue weighted by molar-refractivity contribution is 5.92. The van der Waals surface area contributed by atoms with E-state index in [-0.39, 0.29) is 23.8 Å². The Kier molecular flexibility index (Phi) is 7.46. The van der Waals surface area contributed by atoms with Crippen LogP contribution in [0.3, 0.4) is 0 Å². The van der Waals surface area contributed by atoms with Gasteiger partial charge in [-0.3, -0.25) is 9.59 Å². The minimum Gasteiger partial charge on any atom is -0.423 e. The van der Waals surface area contributed by atoms with Gasteiger partial charge < -0.3 is 30.4 Å². The highest BCUT2D eigenvalue weighted by atomic mass is 19.2. The largest absolute Gasteiger partial charge is 0.423 e. The molecule has 2 atom stereocenters. The zero-order chi connectivity index (χ0) is 28.6. The number of benzene rings is 2. The number of para-hydroxylation sites is 1. The number of piperidine rings is 1. The number of carbonyl (C=O) groups is 2. The van der Waals surface area contributed by atoms with Gasteiger partial charge in [-0.15, -0.1) is 0 Å². The molecule has 0 radical (unpaired) electrons. The number of alkyl halides is 1. The topological polar surface area (TPSA) is 110 Å². The van der Waals surface area contributed by atoms with Crippen molar-refractivity contribution in [2.24, 2.45) is 11.7 Å². The van der Waals surface area contributed by atoms with Gasteiger partial charge in [-0.25, -0.2) is 0 Å². The maximum absolute atomic E-state index is 13.9. The quantitative estimate of drug-likeness (QED) is 0.352. The van der Waals surface area contributed by atoms with Crippen LogP contribution >= 0.6 is 0 Å². The first-order valence-electron chi connectivity index (χ1n) is 14.5. The van der Waals surface area contributed by atoms with E-state index in [1.807, 2.05) is 0 Å². The molecule has 2 aromatic carbocycles. The molecule has 8 nitrogen and oxygen atoms in total. The van der Waals surface area contributed by atoms with Crippen LogP contribution in [0.5, 0.6) is 11.5 Å². The lowest BCUT2D eigenvalue weighted by Gasteiger charge is -2.38. The maximum Gasteiger partial charge on any atom is 0.404 e. The number of aromatic amines is 1. The number of hydrogen-bond donors (Lipinski definition) is 3. The number of carbonyl (C=O) groups excluding carboxylic acids is 2. The Morgan fingerprint density at radius 2 is 1.80 bits per heavy atom. The highest BCUT2D eigenvalue weighted by Gasteiger charge is 2.37. The molecule has 9 heteroatoms. The van der Waals surface area contributed by atoms with Crippen LogP contribution in [0.15, 0.2) is 54.7 Å². The monoisotopic (exact) mass is 560 g/mol. The second kappa shape index (κ2) is 11.2. The highest BCUT2D eigenvalue weighted by Crippen LogP contribution is 2.41. The number of aromatic nitrogens is 1. The smallest absolute Gasteiger partial charge is 0.404 e. The number of rotatable bonds is 7. The number of primary amides is 1. The Bertz CT molecular complexity index is 1450. The van der Waals surface area contributed by atoms with Crippen molar-refractivity contribution in [2.45, 2.75) is 69.5 Å². The van der Waals surface area contributed by atoms with Crippen molar-refractivity contribution in [3.8, 4) is 11.5 Å². The van der Waals surface area contributed by atoms with Crippen molar-refractivity contribution in [2.75, 3.05) is 13.1 Å². The summed E-state index contributed by atoms with van der Waals surface area (Å²) in [5.41, 5.74) is 9.15. The predicted molar refractivity (Wildman–Crippen MR) is 155 cm³/mol. The van der Waals surface area contributed by atoms with Crippen molar-refractivity contribution in [3.63, 3.8) is 0 Å². The molecule has 3 heterocycles. The third kappa shape index (κ3) is 5.95. The van der Waals surface area contributed by atoms with Crippen molar-refractivity contribution >= 4 is 28.8 Å². The summed E-state index contributed by atoms with van der Waals surface area (Å²) < 4.78 is 24.1. The number of nitrogens with two attached hydrogens (primary N) is 1. The Hall–Kier alpha value is -3.85. The van der Waals surface area contributed by atoms with Crippen molar-refractivity contribution in [1.29, 1.82) is 0 Å². The van der Waals surface area contributed by atoms with Gasteiger partial charge >= 0.3 is 6.04 Å². The summed E-state index contributed by atoms with van der Waals surface area (Å²) in [6.07, 6.45) is 10.9. The molecule has 1 saturated carbocycles. The second-order valence-corrected chi connectivity index (χ2v) is 11.6. The van der Waals surface area contributed by atoms with Crippen LogP contribution in [-0.2, 0) is 9.59 Å². The van der Waals surface area contributed by atoms with E-state index in [0.29, 0.717) is 48.9 Å². The minimum atomic E-state index is -2.18. The van der Waals surface area contributed by atoms with Crippen LogP contribution in [0.25, 0.3) is 17.0 Å². The lowest BCUT2D eigenvalue weighted by molar-refractivity contribution is -0.173. The van der Waals surface area contributed by atoms with Gasteiger partial charge in [-0.1, -0.05) is 24.3 Å². The average molecular weight is 561 g/mol. The molecule has 1 aromatic heterocycles. The molecule has 2 fully saturated rings. The van der Waals surface area contributed by atoms with E-state index in [2.05, 4.69) is 40.8 Å². The van der Waals surface area contributed by atoms with Crippen LogP contribution in [-0.4, -0.2) is 52.9 Å². The molecule has 3 aliphatic rings. The molecule has 3 aromatic rings. The van der Waals surface area contributed by atoms with Gasteiger partial charge in [0.25, 0.3) is 0 Å². The fourth-order valence-corrected chi connectivity index (χ4v) is 6.64. The average Bonchev–Trinajstić information content (AvgIpc) is 3.54. The van der Waals surface area contributed by atoms with Gasteiger partial charge in [0.1, 0.15) is 0 Å². The summed E-state index contributed by atoms with van der Waals surface area (Å²) in [7, 11) is 0. The van der Waals surface area contributed by atoms with Gasteiger partial charge in [0.2, 0.25) is 11.8 Å². The zero-order valence-corrected chi connectivity index (χ0v) is 23.3. The number of halogens is 1. The van der Waals surface area contributed by atoms with Crippen LogP contribution < -0.4 is 20.5 Å². The molecular weight excluding hydrogens is 523 g/mol. The van der Waals surface area contributed by atoms with E-state index in [4.69, 9.17) is 15.2 Å². The fraction of sp³-hybridized carbons (Fsp3) is 0.438. The number of fused-ring (bicyclic) bond motifs is 2. The first-order valence-corrected chi connectivity index (χ1v) is 14.5. The predicted octanol–water partition coefficient (Wildman–Crippen LogP) is 5.00. The van der Waals surface area contributed by atoms with Crippen LogP contribution in [0.4, 0.5) is 4.39 Å². The van der Waals surface area contributed by atoms with E-state index in [9.17, 15) is 14.0 Å². The molecule has 1 aliphatic carbocycles. The lowest BCUT2D eigenvalue weighted by atomic mass is 9.80. The molecule has 4 N–H and O–H groups in total. The molecule has 0 bridgehead atoms. The summed E-state index contributed by atoms with van der Waals surface area (Å²) in [6, 6.07) is 11.1. The summed E-state index contributed by atoms with van der Waals surface area (Å²) in [5, 5.41) is 4.90. The van der Waals surface area contributed by atoms with Gasteiger partial charge in [-0.05, 0) is 85.8 Å². The number of hydrogen-bond acceptors (Lipinski definition) is 5. The standard InChI is InChI=1S/C32H37FN4O4/c1-32(33)40-27-12-6-20(18-28(27)41-32)7-13-29(38)37-16-14-22(15-17-37)30(31(34)39)36-23-10-8-21(9-11-23)25-19-35-26-5-3-2-4-24(25)26/h2-7,12-13,18-19,21-23,30,35-36H,8-11,14-17H2,1H3,(H2,34,39)/b13-7+. The van der Waals surface area contributed by atoms with E-state index in [1.165, 1.54) is 29.5 Å². The van der Waals surface area contributed by atoms with E-state index in [0.717, 1.165) is 25.7 Å². The SMILES string of the molecule is CC1(F)Oc2ccc(/C=C/C(=O)N3CCC(C(NC4CCC(c5c[nH]c6ccccc56)CC4)C(N)=O)CC3)cc2O1. The third-order valence-electron chi connectivity index (χ3n) is 8.80. The summed E-state index contributed by atoms with van der Waals surface area (Å²) in [4.78, 5) is 30.5. The Balaban J connectivity index is 0.995. The number of ether oxygens (including phenoxy) is 2. The Labute approximate surface area is 239 Å². The molecule has 2 unspecified atom stereocenters. The number of nitrogens with one attached hydrogen (secondary N) is 2. The molecule has 41 heavy (non-hydrogen) atoms. The first-order chi connectivity index (χ1) is 19.8. The lowest BCUT2D eigenvalue weighted by Crippen LogP contribution is -2.54. The summed E-state index contributed by atoms with van der Waals surface area (Å²) >= 11 is 0. The minimum absolute atomic E-state index is 0.0933.